The first-order valence-electron chi connectivity index (χ1n) is 7.39. The second-order valence-corrected chi connectivity index (χ2v) is 5.24. The van der Waals surface area contributed by atoms with Crippen LogP contribution in [0, 0.1) is 6.92 Å². The Bertz CT molecular complexity index is 891. The lowest BCUT2D eigenvalue weighted by molar-refractivity contribution is 0.0528. The molecule has 2 aromatic heterocycles. The number of aromatic nitrogens is 2. The number of aryl methyl sites for hydroxylation is 1. The van der Waals surface area contributed by atoms with E-state index in [4.69, 9.17) is 10.5 Å². The Morgan fingerprint density at radius 3 is 2.83 bits per heavy atom. The van der Waals surface area contributed by atoms with Crippen molar-refractivity contribution in [2.45, 2.75) is 13.8 Å². The van der Waals surface area contributed by atoms with E-state index < -0.39 is 5.97 Å². The number of carbonyl (C=O) groups excluding carboxylic acids is 1. The number of pyridine rings is 2. The number of ether oxygens (including phenoxy) is 1. The van der Waals surface area contributed by atoms with E-state index in [1.54, 1.807) is 6.92 Å². The normalized spacial score (nSPS) is 10.7. The lowest BCUT2D eigenvalue weighted by Gasteiger charge is -2.09. The van der Waals surface area contributed by atoms with E-state index in [0.29, 0.717) is 28.9 Å². The molecule has 1 aromatic carbocycles. The second-order valence-electron chi connectivity index (χ2n) is 5.24. The van der Waals surface area contributed by atoms with Crippen molar-refractivity contribution in [2.75, 3.05) is 12.3 Å². The second kappa shape index (κ2) is 6.04. The van der Waals surface area contributed by atoms with E-state index in [0.717, 1.165) is 16.8 Å². The van der Waals surface area contributed by atoms with E-state index >= 15 is 0 Å². The first-order chi connectivity index (χ1) is 11.1. The Morgan fingerprint density at radius 2 is 2.09 bits per heavy atom. The molecule has 3 rings (SSSR count). The predicted molar refractivity (Wildman–Crippen MR) is 90.1 cm³/mol. The highest BCUT2D eigenvalue weighted by atomic mass is 16.5. The minimum atomic E-state index is -0.421. The van der Waals surface area contributed by atoms with E-state index in [9.17, 15) is 4.79 Å². The highest BCUT2D eigenvalue weighted by Crippen LogP contribution is 2.26. The molecule has 116 valence electrons. The van der Waals surface area contributed by atoms with Crippen LogP contribution in [0.2, 0.25) is 0 Å². The maximum atomic E-state index is 12.0. The Labute approximate surface area is 134 Å². The molecule has 3 aromatic rings. The number of rotatable bonds is 3. The van der Waals surface area contributed by atoms with Crippen LogP contribution >= 0.6 is 0 Å². The van der Waals surface area contributed by atoms with Crippen molar-refractivity contribution in [3.63, 3.8) is 0 Å². The van der Waals surface area contributed by atoms with Crippen LogP contribution in [0.3, 0.4) is 0 Å². The number of carbonyl (C=O) groups is 1. The van der Waals surface area contributed by atoms with Gasteiger partial charge in [0.2, 0.25) is 0 Å². The van der Waals surface area contributed by atoms with Crippen molar-refractivity contribution in [3.05, 3.63) is 53.7 Å². The highest BCUT2D eigenvalue weighted by molar-refractivity contribution is 6.05. The molecule has 0 saturated heterocycles. The number of hydrogen-bond acceptors (Lipinski definition) is 5. The van der Waals surface area contributed by atoms with Crippen LogP contribution in [0.25, 0.3) is 22.2 Å². The Kier molecular flexibility index (Phi) is 3.93. The van der Waals surface area contributed by atoms with Gasteiger partial charge in [0.15, 0.2) is 0 Å². The van der Waals surface area contributed by atoms with Gasteiger partial charge < -0.3 is 10.5 Å². The topological polar surface area (TPSA) is 78.1 Å². The molecular weight excluding hydrogens is 290 g/mol. The quantitative estimate of drug-likeness (QED) is 0.751. The van der Waals surface area contributed by atoms with E-state index in [1.807, 2.05) is 43.3 Å². The Morgan fingerprint density at radius 1 is 1.26 bits per heavy atom. The molecule has 0 atom stereocenters. The number of nitrogen functional groups attached to an aromatic ring is 1. The van der Waals surface area contributed by atoms with E-state index in [1.165, 1.54) is 6.20 Å². The monoisotopic (exact) mass is 307 g/mol. The number of anilines is 1. The standard InChI is InChI=1S/C18H17N3O2/c1-3-23-18(22)14-10-20-17(19)16-13(14)7-8-15(21-16)12-6-4-5-11(2)9-12/h4-10H,3H2,1-2H3,(H2,19,20). The van der Waals surface area contributed by atoms with Crippen LogP contribution in [-0.4, -0.2) is 22.5 Å². The number of nitrogens with two attached hydrogens (primary N) is 1. The molecule has 0 fully saturated rings. The molecule has 0 amide bonds. The summed E-state index contributed by atoms with van der Waals surface area (Å²) in [6, 6.07) is 11.8. The molecule has 0 aliphatic rings. The van der Waals surface area contributed by atoms with Crippen LogP contribution < -0.4 is 5.73 Å². The summed E-state index contributed by atoms with van der Waals surface area (Å²) in [6.45, 7) is 4.09. The zero-order chi connectivity index (χ0) is 16.4. The summed E-state index contributed by atoms with van der Waals surface area (Å²) in [5.41, 5.74) is 9.76. The minimum absolute atomic E-state index is 0.294. The van der Waals surface area contributed by atoms with Gasteiger partial charge in [0.25, 0.3) is 0 Å². The Balaban J connectivity index is 2.17. The maximum absolute atomic E-state index is 12.0. The molecule has 0 saturated carbocycles. The molecule has 5 nitrogen and oxygen atoms in total. The fraction of sp³-hybridized carbons (Fsp3) is 0.167. The summed E-state index contributed by atoms with van der Waals surface area (Å²) >= 11 is 0. The maximum Gasteiger partial charge on any atom is 0.340 e. The van der Waals surface area contributed by atoms with E-state index in [-0.39, 0.29) is 0 Å². The zero-order valence-corrected chi connectivity index (χ0v) is 13.0. The zero-order valence-electron chi connectivity index (χ0n) is 13.0. The van der Waals surface area contributed by atoms with Crippen LogP contribution in [0.4, 0.5) is 5.82 Å². The van der Waals surface area contributed by atoms with Crippen molar-refractivity contribution in [1.29, 1.82) is 0 Å². The average Bonchev–Trinajstić information content (AvgIpc) is 2.55. The third kappa shape index (κ3) is 2.85. The van der Waals surface area contributed by atoms with Gasteiger partial charge in [0.05, 0.1) is 17.9 Å². The molecule has 0 aliphatic heterocycles. The van der Waals surface area contributed by atoms with Gasteiger partial charge in [0, 0.05) is 17.1 Å². The smallest absolute Gasteiger partial charge is 0.340 e. The lowest BCUT2D eigenvalue weighted by Crippen LogP contribution is -2.08. The van der Waals surface area contributed by atoms with Gasteiger partial charge >= 0.3 is 5.97 Å². The van der Waals surface area contributed by atoms with Crippen LogP contribution in [-0.2, 0) is 4.74 Å². The van der Waals surface area contributed by atoms with Gasteiger partial charge in [-0.05, 0) is 32.0 Å². The van der Waals surface area contributed by atoms with Crippen molar-refractivity contribution in [1.82, 2.24) is 9.97 Å². The van der Waals surface area contributed by atoms with Gasteiger partial charge in [-0.3, -0.25) is 0 Å². The molecule has 23 heavy (non-hydrogen) atoms. The number of benzene rings is 1. The molecule has 0 radical (unpaired) electrons. The van der Waals surface area contributed by atoms with Gasteiger partial charge in [-0.2, -0.15) is 0 Å². The third-order valence-corrected chi connectivity index (χ3v) is 3.57. The van der Waals surface area contributed by atoms with Crippen molar-refractivity contribution < 1.29 is 9.53 Å². The molecule has 5 heteroatoms. The van der Waals surface area contributed by atoms with Crippen molar-refractivity contribution >= 4 is 22.7 Å². The lowest BCUT2D eigenvalue weighted by atomic mass is 10.1. The third-order valence-electron chi connectivity index (χ3n) is 3.57. The van der Waals surface area contributed by atoms with Gasteiger partial charge in [-0.15, -0.1) is 0 Å². The number of fused-ring (bicyclic) bond motifs is 1. The van der Waals surface area contributed by atoms with Crippen LogP contribution in [0.1, 0.15) is 22.8 Å². The fourth-order valence-electron chi connectivity index (χ4n) is 2.47. The Hall–Kier alpha value is -2.95. The molecule has 0 unspecified atom stereocenters. The van der Waals surface area contributed by atoms with Crippen molar-refractivity contribution in [3.8, 4) is 11.3 Å². The summed E-state index contributed by atoms with van der Waals surface area (Å²) in [5, 5.41) is 0.646. The molecule has 0 aliphatic carbocycles. The SMILES string of the molecule is CCOC(=O)c1cnc(N)c2nc(-c3cccc(C)c3)ccc12. The predicted octanol–water partition coefficient (Wildman–Crippen LogP) is 3.36. The first-order valence-corrected chi connectivity index (χ1v) is 7.39. The summed E-state index contributed by atoms with van der Waals surface area (Å²) in [4.78, 5) is 20.7. The molecular formula is C18H17N3O2. The number of esters is 1. The van der Waals surface area contributed by atoms with Gasteiger partial charge in [-0.1, -0.05) is 23.8 Å². The summed E-state index contributed by atoms with van der Waals surface area (Å²) in [7, 11) is 0. The summed E-state index contributed by atoms with van der Waals surface area (Å²) in [5.74, 6) is -0.127. The number of hydrogen-bond donors (Lipinski definition) is 1. The minimum Gasteiger partial charge on any atom is -0.462 e. The van der Waals surface area contributed by atoms with Crippen LogP contribution in [0.5, 0.6) is 0 Å². The molecule has 2 N–H and O–H groups in total. The van der Waals surface area contributed by atoms with Crippen LogP contribution in [0.15, 0.2) is 42.6 Å². The summed E-state index contributed by atoms with van der Waals surface area (Å²) < 4.78 is 5.06. The van der Waals surface area contributed by atoms with Gasteiger partial charge in [-0.25, -0.2) is 14.8 Å². The summed E-state index contributed by atoms with van der Waals surface area (Å²) in [6.07, 6.45) is 1.43. The van der Waals surface area contributed by atoms with E-state index in [2.05, 4.69) is 9.97 Å². The highest BCUT2D eigenvalue weighted by Gasteiger charge is 2.15. The number of nitrogens with zero attached hydrogens (tertiary/aromatic N) is 2. The molecule has 2 heterocycles. The fourth-order valence-corrected chi connectivity index (χ4v) is 2.47. The largest absolute Gasteiger partial charge is 0.462 e. The average molecular weight is 307 g/mol. The molecule has 0 bridgehead atoms. The molecule has 0 spiro atoms. The van der Waals surface area contributed by atoms with Gasteiger partial charge in [0.1, 0.15) is 11.3 Å². The van der Waals surface area contributed by atoms with Crippen molar-refractivity contribution in [2.24, 2.45) is 0 Å². The first kappa shape index (κ1) is 15.0.